The summed E-state index contributed by atoms with van der Waals surface area (Å²) < 4.78 is 0. The monoisotopic (exact) mass is 231 g/mol. The molecule has 1 N–H and O–H groups in total. The van der Waals surface area contributed by atoms with Crippen LogP contribution in [0.4, 0.5) is 5.82 Å². The van der Waals surface area contributed by atoms with E-state index in [9.17, 15) is 0 Å². The highest BCUT2D eigenvalue weighted by Crippen LogP contribution is 2.09. The molecule has 1 rings (SSSR count). The van der Waals surface area contributed by atoms with Crippen molar-refractivity contribution in [3.8, 4) is 18.4 Å². The molecule has 0 aliphatic carbocycles. The maximum Gasteiger partial charge on any atom is 0.127 e. The highest BCUT2D eigenvalue weighted by atomic mass is 32.2. The van der Waals surface area contributed by atoms with Crippen LogP contribution in [0.1, 0.15) is 11.3 Å². The number of hydrogen-bond acceptors (Lipinski definition) is 4. The van der Waals surface area contributed by atoms with Crippen molar-refractivity contribution in [2.75, 3.05) is 23.4 Å². The molecule has 0 aliphatic heterocycles. The fraction of sp³-hybridized carbons (Fsp3) is 0.333. The van der Waals surface area contributed by atoms with Gasteiger partial charge < -0.3 is 5.32 Å². The number of nitriles is 1. The maximum atomic E-state index is 8.80. The van der Waals surface area contributed by atoms with Gasteiger partial charge in [0.2, 0.25) is 0 Å². The molecule has 0 aromatic carbocycles. The number of aryl methyl sites for hydroxylation is 1. The molecular formula is C12H13N3S. The second-order valence-electron chi connectivity index (χ2n) is 3.18. The molecule has 0 aliphatic rings. The van der Waals surface area contributed by atoms with Gasteiger partial charge in [-0.1, -0.05) is 5.92 Å². The first kappa shape index (κ1) is 12.4. The van der Waals surface area contributed by atoms with Crippen molar-refractivity contribution in [2.45, 2.75) is 6.92 Å². The van der Waals surface area contributed by atoms with Crippen LogP contribution in [0.2, 0.25) is 0 Å². The summed E-state index contributed by atoms with van der Waals surface area (Å²) in [6.45, 7) is 2.67. The van der Waals surface area contributed by atoms with Gasteiger partial charge in [-0.25, -0.2) is 4.98 Å². The van der Waals surface area contributed by atoms with E-state index in [0.29, 0.717) is 5.56 Å². The molecule has 0 amide bonds. The van der Waals surface area contributed by atoms with Crippen molar-refractivity contribution in [3.63, 3.8) is 0 Å². The van der Waals surface area contributed by atoms with Gasteiger partial charge >= 0.3 is 0 Å². The average Bonchev–Trinajstić information content (AvgIpc) is 2.28. The smallest absolute Gasteiger partial charge is 0.127 e. The zero-order valence-corrected chi connectivity index (χ0v) is 9.97. The normalized spacial score (nSPS) is 9.19. The summed E-state index contributed by atoms with van der Waals surface area (Å²) in [6, 6.07) is 5.62. The Kier molecular flexibility index (Phi) is 5.25. The molecule has 4 heteroatoms. The zero-order chi connectivity index (χ0) is 11.8. The minimum absolute atomic E-state index is 0.631. The number of terminal acetylenes is 1. The summed E-state index contributed by atoms with van der Waals surface area (Å²) in [5, 5.41) is 12.0. The van der Waals surface area contributed by atoms with E-state index in [0.717, 1.165) is 29.6 Å². The van der Waals surface area contributed by atoms with E-state index < -0.39 is 0 Å². The van der Waals surface area contributed by atoms with Gasteiger partial charge in [0.1, 0.15) is 5.82 Å². The summed E-state index contributed by atoms with van der Waals surface area (Å²) in [4.78, 5) is 4.29. The lowest BCUT2D eigenvalue weighted by Crippen LogP contribution is -2.06. The first-order chi connectivity index (χ1) is 7.76. The van der Waals surface area contributed by atoms with E-state index in [1.54, 1.807) is 23.9 Å². The number of thioether (sulfide) groups is 1. The fourth-order valence-electron chi connectivity index (χ4n) is 1.21. The van der Waals surface area contributed by atoms with Crippen LogP contribution in [0, 0.1) is 30.6 Å². The molecule has 3 nitrogen and oxygen atoms in total. The average molecular weight is 231 g/mol. The largest absolute Gasteiger partial charge is 0.369 e. The lowest BCUT2D eigenvalue weighted by molar-refractivity contribution is 1.13. The Morgan fingerprint density at radius 2 is 2.38 bits per heavy atom. The SMILES string of the molecule is C#CCSCCNc1cc(C#N)cc(C)n1. The molecule has 0 saturated carbocycles. The van der Waals surface area contributed by atoms with Gasteiger partial charge in [0.05, 0.1) is 17.4 Å². The molecular weight excluding hydrogens is 218 g/mol. The number of nitrogens with one attached hydrogen (secondary N) is 1. The van der Waals surface area contributed by atoms with Crippen molar-refractivity contribution < 1.29 is 0 Å². The summed E-state index contributed by atoms with van der Waals surface area (Å²) in [7, 11) is 0. The van der Waals surface area contributed by atoms with Gasteiger partial charge in [0.15, 0.2) is 0 Å². The first-order valence-corrected chi connectivity index (χ1v) is 6.05. The van der Waals surface area contributed by atoms with Crippen molar-refractivity contribution in [1.82, 2.24) is 4.98 Å². The van der Waals surface area contributed by atoms with Gasteiger partial charge in [-0.3, -0.25) is 0 Å². The van der Waals surface area contributed by atoms with E-state index >= 15 is 0 Å². The summed E-state index contributed by atoms with van der Waals surface area (Å²) in [5.41, 5.74) is 1.48. The van der Waals surface area contributed by atoms with Gasteiger partial charge in [-0.2, -0.15) is 5.26 Å². The second-order valence-corrected chi connectivity index (χ2v) is 4.28. The number of pyridine rings is 1. The topological polar surface area (TPSA) is 48.7 Å². The third kappa shape index (κ3) is 4.25. The standard InChI is InChI=1S/C12H13N3S/c1-3-5-16-6-4-14-12-8-11(9-13)7-10(2)15-12/h1,7-8H,4-6H2,2H3,(H,14,15). The molecule has 0 atom stereocenters. The van der Waals surface area contributed by atoms with Gasteiger partial charge in [0, 0.05) is 18.0 Å². The fourth-order valence-corrected chi connectivity index (χ4v) is 1.71. The van der Waals surface area contributed by atoms with Crippen LogP contribution in [-0.4, -0.2) is 23.0 Å². The Morgan fingerprint density at radius 1 is 1.56 bits per heavy atom. The molecule has 1 aromatic heterocycles. The third-order valence-electron chi connectivity index (χ3n) is 1.82. The van der Waals surface area contributed by atoms with Gasteiger partial charge in [0.25, 0.3) is 0 Å². The summed E-state index contributed by atoms with van der Waals surface area (Å²) in [5.74, 6) is 4.98. The Hall–Kier alpha value is -1.65. The minimum Gasteiger partial charge on any atom is -0.369 e. The number of nitrogens with zero attached hydrogens (tertiary/aromatic N) is 2. The van der Waals surface area contributed by atoms with E-state index in [2.05, 4.69) is 22.3 Å². The quantitative estimate of drug-likeness (QED) is 0.622. The Labute approximate surface area is 100 Å². The molecule has 0 fully saturated rings. The molecule has 0 radical (unpaired) electrons. The minimum atomic E-state index is 0.631. The Morgan fingerprint density at radius 3 is 3.06 bits per heavy atom. The number of anilines is 1. The molecule has 0 spiro atoms. The number of rotatable bonds is 5. The van der Waals surface area contributed by atoms with E-state index in [1.165, 1.54) is 0 Å². The van der Waals surface area contributed by atoms with E-state index in [4.69, 9.17) is 11.7 Å². The molecule has 1 aromatic rings. The molecule has 16 heavy (non-hydrogen) atoms. The first-order valence-electron chi connectivity index (χ1n) is 4.90. The van der Waals surface area contributed by atoms with Crippen molar-refractivity contribution >= 4 is 17.6 Å². The number of hydrogen-bond donors (Lipinski definition) is 1. The summed E-state index contributed by atoms with van der Waals surface area (Å²) in [6.07, 6.45) is 5.14. The lowest BCUT2D eigenvalue weighted by atomic mass is 10.2. The molecule has 82 valence electrons. The van der Waals surface area contributed by atoms with Crippen molar-refractivity contribution in [2.24, 2.45) is 0 Å². The number of aromatic nitrogens is 1. The highest BCUT2D eigenvalue weighted by Gasteiger charge is 1.98. The van der Waals surface area contributed by atoms with Crippen LogP contribution in [0.3, 0.4) is 0 Å². The molecule has 1 heterocycles. The van der Waals surface area contributed by atoms with Crippen molar-refractivity contribution in [3.05, 3.63) is 23.4 Å². The predicted octanol–water partition coefficient (Wildman–Crippen LogP) is 2.04. The van der Waals surface area contributed by atoms with E-state index in [1.807, 2.05) is 6.92 Å². The van der Waals surface area contributed by atoms with Gasteiger partial charge in [-0.15, -0.1) is 18.2 Å². The Bertz CT molecular complexity index is 429. The van der Waals surface area contributed by atoms with Crippen LogP contribution in [0.5, 0.6) is 0 Å². The van der Waals surface area contributed by atoms with E-state index in [-0.39, 0.29) is 0 Å². The molecule has 0 saturated heterocycles. The lowest BCUT2D eigenvalue weighted by Gasteiger charge is -2.05. The van der Waals surface area contributed by atoms with Crippen LogP contribution in [0.25, 0.3) is 0 Å². The third-order valence-corrected chi connectivity index (χ3v) is 2.68. The summed E-state index contributed by atoms with van der Waals surface area (Å²) >= 11 is 1.70. The zero-order valence-electron chi connectivity index (χ0n) is 9.16. The molecule has 0 unspecified atom stereocenters. The Balaban J connectivity index is 2.45. The van der Waals surface area contributed by atoms with Crippen LogP contribution >= 0.6 is 11.8 Å². The van der Waals surface area contributed by atoms with Gasteiger partial charge in [-0.05, 0) is 19.1 Å². The van der Waals surface area contributed by atoms with Crippen LogP contribution in [0.15, 0.2) is 12.1 Å². The van der Waals surface area contributed by atoms with Crippen LogP contribution < -0.4 is 5.32 Å². The predicted molar refractivity (Wildman–Crippen MR) is 68.3 cm³/mol. The second kappa shape index (κ2) is 6.76. The van der Waals surface area contributed by atoms with Crippen LogP contribution in [-0.2, 0) is 0 Å². The molecule has 0 bridgehead atoms. The maximum absolute atomic E-state index is 8.80. The highest BCUT2D eigenvalue weighted by molar-refractivity contribution is 7.99. The van der Waals surface area contributed by atoms with Crippen molar-refractivity contribution in [1.29, 1.82) is 5.26 Å².